The van der Waals surface area contributed by atoms with E-state index in [2.05, 4.69) is 15.3 Å². The average molecular weight is 417 g/mol. The molecule has 0 radical (unpaired) electrons. The third-order valence-electron chi connectivity index (χ3n) is 4.27. The predicted octanol–water partition coefficient (Wildman–Crippen LogP) is 1.50. The summed E-state index contributed by atoms with van der Waals surface area (Å²) in [6, 6.07) is 6.65. The number of aromatic nitrogens is 3. The molecule has 5 N–H and O–H groups in total. The van der Waals surface area contributed by atoms with Crippen LogP contribution in [0.15, 0.2) is 35.4 Å². The standard InChI is InChI=1S/C19H23N5O4S/c1-11(2)22-18-16-15(21-10-24(3)19(16)26)9-14(23-18)13-6-4-5-12(17(13)25)7-8-29(20,27)28/h4-6,8-11,25H,7H2,1-3H3,(H,22,23)(H3,20,27,28). The van der Waals surface area contributed by atoms with Crippen molar-refractivity contribution in [2.75, 3.05) is 5.32 Å². The third kappa shape index (κ3) is 4.56. The fraction of sp³-hybridized carbons (Fsp3) is 0.263. The highest BCUT2D eigenvalue weighted by atomic mass is 32.2. The molecule has 0 amide bonds. The molecular weight excluding hydrogens is 394 g/mol. The van der Waals surface area contributed by atoms with Crippen LogP contribution in [-0.4, -0.2) is 39.8 Å². The smallest absolute Gasteiger partial charge is 0.264 e. The molecule has 0 aliphatic rings. The monoisotopic (exact) mass is 417 g/mol. The Hall–Kier alpha value is -2.95. The van der Waals surface area contributed by atoms with Crippen molar-refractivity contribution in [3.05, 3.63) is 46.5 Å². The molecule has 2 heterocycles. The largest absolute Gasteiger partial charge is 0.507 e. The zero-order chi connectivity index (χ0) is 21.3. The topological polar surface area (TPSA) is 143 Å². The second-order valence-electron chi connectivity index (χ2n) is 7.01. The summed E-state index contributed by atoms with van der Waals surface area (Å²) in [4.78, 5) is 21.5. The van der Waals surface area contributed by atoms with Gasteiger partial charge in [-0.25, -0.2) is 19.3 Å². The van der Waals surface area contributed by atoms with E-state index in [0.29, 0.717) is 33.5 Å². The van der Waals surface area contributed by atoms with Gasteiger partial charge in [-0.3, -0.25) is 4.79 Å². The Labute approximate surface area is 168 Å². The number of hydrogen-bond donors (Lipinski definition) is 4. The van der Waals surface area contributed by atoms with E-state index in [9.17, 15) is 18.7 Å². The molecule has 1 atom stereocenters. The highest BCUT2D eigenvalue weighted by molar-refractivity contribution is 7.94. The van der Waals surface area contributed by atoms with Crippen molar-refractivity contribution in [1.82, 2.24) is 14.5 Å². The maximum absolute atomic E-state index is 12.6. The zero-order valence-corrected chi connectivity index (χ0v) is 17.1. The Morgan fingerprint density at radius 3 is 2.76 bits per heavy atom. The average Bonchev–Trinajstić information content (AvgIpc) is 2.62. The van der Waals surface area contributed by atoms with E-state index in [-0.39, 0.29) is 23.8 Å². The van der Waals surface area contributed by atoms with Crippen molar-refractivity contribution in [3.63, 3.8) is 0 Å². The van der Waals surface area contributed by atoms with Gasteiger partial charge in [-0.05, 0) is 31.5 Å². The number of phenols is 1. The number of nitrogens with two attached hydrogens (primary N) is 1. The number of phenolic OH excluding ortho intramolecular Hbond substituents is 1. The number of fused-ring (bicyclic) bond motifs is 1. The van der Waals surface area contributed by atoms with Crippen molar-refractivity contribution >= 4 is 32.1 Å². The van der Waals surface area contributed by atoms with Gasteiger partial charge < -0.3 is 19.5 Å². The summed E-state index contributed by atoms with van der Waals surface area (Å²) < 4.78 is 21.9. The highest BCUT2D eigenvalue weighted by Crippen LogP contribution is 2.33. The normalized spacial score (nSPS) is 13.4. The number of hydrogen-bond acceptors (Lipinski definition) is 6. The highest BCUT2D eigenvalue weighted by Gasteiger charge is 2.16. The Balaban J connectivity index is 2.22. The quantitative estimate of drug-likeness (QED) is 0.461. The van der Waals surface area contributed by atoms with E-state index >= 15 is 0 Å². The molecule has 0 saturated heterocycles. The lowest BCUT2D eigenvalue weighted by Gasteiger charge is -2.15. The van der Waals surface area contributed by atoms with Gasteiger partial charge in [-0.1, -0.05) is 12.1 Å². The molecule has 2 aromatic heterocycles. The second-order valence-corrected chi connectivity index (χ2v) is 8.57. The van der Waals surface area contributed by atoms with Crippen LogP contribution in [0.1, 0.15) is 19.4 Å². The van der Waals surface area contributed by atoms with Gasteiger partial charge >= 0.3 is 0 Å². The molecular formula is C19H23N5O4S. The minimum absolute atomic E-state index is 0.00891. The summed E-state index contributed by atoms with van der Waals surface area (Å²) in [5, 5.41) is 20.4. The fourth-order valence-electron chi connectivity index (χ4n) is 2.91. The number of aryl methyl sites for hydroxylation is 1. The first-order valence-electron chi connectivity index (χ1n) is 8.88. The molecule has 1 aromatic carbocycles. The molecule has 10 heteroatoms. The molecule has 3 rings (SSSR count). The maximum Gasteiger partial charge on any atom is 0.264 e. The third-order valence-corrected chi connectivity index (χ3v) is 4.91. The van der Waals surface area contributed by atoms with E-state index in [0.717, 1.165) is 5.37 Å². The number of anilines is 1. The molecule has 0 saturated carbocycles. The first-order valence-corrected chi connectivity index (χ1v) is 10.5. The fourth-order valence-corrected chi connectivity index (χ4v) is 3.33. The van der Waals surface area contributed by atoms with E-state index in [1.165, 1.54) is 10.9 Å². The van der Waals surface area contributed by atoms with Crippen LogP contribution in [0.4, 0.5) is 5.82 Å². The molecule has 0 aliphatic carbocycles. The van der Waals surface area contributed by atoms with Crippen LogP contribution in [0.3, 0.4) is 0 Å². The van der Waals surface area contributed by atoms with Gasteiger partial charge in [-0.15, -0.1) is 0 Å². The number of benzene rings is 1. The van der Waals surface area contributed by atoms with Crippen LogP contribution in [0.2, 0.25) is 0 Å². The summed E-state index contributed by atoms with van der Waals surface area (Å²) >= 11 is 0. The van der Waals surface area contributed by atoms with Gasteiger partial charge in [-0.2, -0.15) is 0 Å². The molecule has 3 aromatic rings. The van der Waals surface area contributed by atoms with Crippen LogP contribution >= 0.6 is 0 Å². The molecule has 0 spiro atoms. The van der Waals surface area contributed by atoms with E-state index in [4.69, 9.17) is 5.14 Å². The minimum Gasteiger partial charge on any atom is -0.507 e. The maximum atomic E-state index is 12.6. The summed E-state index contributed by atoms with van der Waals surface area (Å²) in [6.07, 6.45) is 1.44. The number of nitrogens with zero attached hydrogens (tertiary/aromatic N) is 3. The van der Waals surface area contributed by atoms with Crippen molar-refractivity contribution in [3.8, 4) is 17.0 Å². The Kier molecular flexibility index (Phi) is 5.60. The Morgan fingerprint density at radius 2 is 2.10 bits per heavy atom. The van der Waals surface area contributed by atoms with Gasteiger partial charge in [0, 0.05) is 30.4 Å². The molecule has 9 nitrogen and oxygen atoms in total. The van der Waals surface area contributed by atoms with Crippen LogP contribution in [-0.2, 0) is 23.5 Å². The number of aromatic hydroxyl groups is 1. The Bertz CT molecular complexity index is 1250. The summed E-state index contributed by atoms with van der Waals surface area (Å²) in [6.45, 7) is 3.85. The Morgan fingerprint density at radius 1 is 1.38 bits per heavy atom. The molecule has 0 bridgehead atoms. The van der Waals surface area contributed by atoms with Crippen molar-refractivity contribution < 1.29 is 13.9 Å². The van der Waals surface area contributed by atoms with Crippen LogP contribution in [0.25, 0.3) is 22.2 Å². The molecule has 154 valence electrons. The van der Waals surface area contributed by atoms with Crippen molar-refractivity contribution in [2.24, 2.45) is 12.2 Å². The summed E-state index contributed by atoms with van der Waals surface area (Å²) in [7, 11) is -1.92. The van der Waals surface area contributed by atoms with E-state index < -0.39 is 9.99 Å². The minimum atomic E-state index is -3.53. The van der Waals surface area contributed by atoms with Gasteiger partial charge in [0.05, 0.1) is 17.5 Å². The number of pyridine rings is 1. The van der Waals surface area contributed by atoms with E-state index in [1.807, 2.05) is 13.8 Å². The van der Waals surface area contributed by atoms with Crippen LogP contribution < -0.4 is 16.0 Å². The number of para-hydroxylation sites is 1. The predicted molar refractivity (Wildman–Crippen MR) is 115 cm³/mol. The van der Waals surface area contributed by atoms with Crippen molar-refractivity contribution in [1.29, 1.82) is 0 Å². The zero-order valence-electron chi connectivity index (χ0n) is 16.3. The van der Waals surface area contributed by atoms with Crippen LogP contribution in [0.5, 0.6) is 5.75 Å². The molecule has 1 unspecified atom stereocenters. The SMILES string of the molecule is CC(C)Nc1nc(-c2cccc(CC=S(N)(=O)O)c2O)cc2ncn(C)c(=O)c12. The molecule has 0 aliphatic heterocycles. The summed E-state index contributed by atoms with van der Waals surface area (Å²) in [5.41, 5.74) is 1.46. The van der Waals surface area contributed by atoms with Crippen molar-refractivity contribution in [2.45, 2.75) is 26.3 Å². The lowest BCUT2D eigenvalue weighted by molar-refractivity contribution is 0.472. The van der Waals surface area contributed by atoms with Crippen LogP contribution in [0, 0.1) is 0 Å². The lowest BCUT2D eigenvalue weighted by Crippen LogP contribution is -2.21. The number of nitrogens with one attached hydrogen (secondary N) is 1. The van der Waals surface area contributed by atoms with Gasteiger partial charge in [0.2, 0.25) is 0 Å². The molecule has 0 fully saturated rings. The van der Waals surface area contributed by atoms with Gasteiger partial charge in [0.1, 0.15) is 26.9 Å². The summed E-state index contributed by atoms with van der Waals surface area (Å²) in [5.74, 6) is 0.288. The first kappa shape index (κ1) is 20.8. The van der Waals surface area contributed by atoms with E-state index in [1.54, 1.807) is 31.3 Å². The lowest BCUT2D eigenvalue weighted by atomic mass is 10.0. The number of rotatable bonds is 5. The first-order chi connectivity index (χ1) is 13.6. The second kappa shape index (κ2) is 7.82. The van der Waals surface area contributed by atoms with Gasteiger partial charge in [0.15, 0.2) is 0 Å². The molecule has 29 heavy (non-hydrogen) atoms. The van der Waals surface area contributed by atoms with Gasteiger partial charge in [0.25, 0.3) is 5.56 Å².